The van der Waals surface area contributed by atoms with Gasteiger partial charge in [-0.05, 0) is 32.0 Å². The molecule has 0 radical (unpaired) electrons. The predicted molar refractivity (Wildman–Crippen MR) is 83.8 cm³/mol. The number of nitrogens with zero attached hydrogens (tertiary/aromatic N) is 3. The molecule has 5 nitrogen and oxygen atoms in total. The highest BCUT2D eigenvalue weighted by Crippen LogP contribution is 2.23. The van der Waals surface area contributed by atoms with Crippen LogP contribution in [0, 0.1) is 13.8 Å². The van der Waals surface area contributed by atoms with Crippen LogP contribution >= 0.6 is 0 Å². The van der Waals surface area contributed by atoms with Crippen LogP contribution in [0.2, 0.25) is 0 Å². The minimum atomic E-state index is -0.856. The van der Waals surface area contributed by atoms with Gasteiger partial charge in [-0.25, -0.2) is 14.8 Å². The molecule has 2 heterocycles. The van der Waals surface area contributed by atoms with E-state index in [2.05, 4.69) is 9.97 Å². The highest BCUT2D eigenvalue weighted by Gasteiger charge is 2.24. The van der Waals surface area contributed by atoms with Gasteiger partial charge >= 0.3 is 5.97 Å². The molecule has 0 aliphatic rings. The molecule has 1 atom stereocenters. The van der Waals surface area contributed by atoms with Crippen molar-refractivity contribution < 1.29 is 9.90 Å². The Morgan fingerprint density at radius 1 is 1.14 bits per heavy atom. The number of fused-ring (bicyclic) bond motifs is 1. The number of hydrogen-bond donors (Lipinski definition) is 1. The van der Waals surface area contributed by atoms with Crippen LogP contribution in [0.25, 0.3) is 10.9 Å². The van der Waals surface area contributed by atoms with E-state index in [9.17, 15) is 9.90 Å². The zero-order valence-corrected chi connectivity index (χ0v) is 12.5. The van der Waals surface area contributed by atoms with Crippen LogP contribution in [-0.4, -0.2) is 25.6 Å². The smallest absolute Gasteiger partial charge is 0.327 e. The van der Waals surface area contributed by atoms with Crippen LogP contribution in [0.15, 0.2) is 42.7 Å². The van der Waals surface area contributed by atoms with Gasteiger partial charge in [0.15, 0.2) is 0 Å². The predicted octanol–water partition coefficient (Wildman–Crippen LogP) is 2.92. The fraction of sp³-hybridized carbons (Fsp3) is 0.235. The molecule has 1 aromatic carbocycles. The maximum Gasteiger partial charge on any atom is 0.327 e. The second-order valence-electron chi connectivity index (χ2n) is 5.38. The molecular weight excluding hydrogens is 278 g/mol. The summed E-state index contributed by atoms with van der Waals surface area (Å²) in [6, 6.07) is 10.9. The monoisotopic (exact) mass is 295 g/mol. The highest BCUT2D eigenvalue weighted by molar-refractivity contribution is 5.81. The summed E-state index contributed by atoms with van der Waals surface area (Å²) in [5.74, 6) is -0.856. The molecular formula is C17H17N3O2. The summed E-state index contributed by atoms with van der Waals surface area (Å²) in [6.07, 6.45) is 1.82. The van der Waals surface area contributed by atoms with E-state index >= 15 is 0 Å². The topological polar surface area (TPSA) is 68.0 Å². The van der Waals surface area contributed by atoms with Crippen LogP contribution < -0.4 is 0 Å². The molecule has 2 aromatic heterocycles. The van der Waals surface area contributed by atoms with Crippen molar-refractivity contribution in [3.05, 3.63) is 59.8 Å². The third-order valence-electron chi connectivity index (χ3n) is 3.93. The van der Waals surface area contributed by atoms with Crippen molar-refractivity contribution in [3.63, 3.8) is 0 Å². The normalized spacial score (nSPS) is 12.5. The Bertz CT molecular complexity index is 814. The van der Waals surface area contributed by atoms with Gasteiger partial charge in [0.2, 0.25) is 0 Å². The van der Waals surface area contributed by atoms with Gasteiger partial charge in [-0.2, -0.15) is 0 Å². The summed E-state index contributed by atoms with van der Waals surface area (Å²) in [6.45, 7) is 3.84. The average Bonchev–Trinajstić information content (AvgIpc) is 2.84. The zero-order chi connectivity index (χ0) is 15.7. The van der Waals surface area contributed by atoms with E-state index < -0.39 is 12.0 Å². The first-order valence-electron chi connectivity index (χ1n) is 7.14. The number of benzene rings is 1. The Kier molecular flexibility index (Phi) is 3.63. The number of aliphatic carboxylic acids is 1. The van der Waals surface area contributed by atoms with Gasteiger partial charge < -0.3 is 9.67 Å². The van der Waals surface area contributed by atoms with E-state index in [1.54, 1.807) is 0 Å². The summed E-state index contributed by atoms with van der Waals surface area (Å²) in [4.78, 5) is 20.3. The summed E-state index contributed by atoms with van der Waals surface area (Å²) < 4.78 is 1.85. The van der Waals surface area contributed by atoms with Gasteiger partial charge in [-0.3, -0.25) is 0 Å². The molecule has 3 aromatic rings. The fourth-order valence-corrected chi connectivity index (χ4v) is 2.87. The van der Waals surface area contributed by atoms with E-state index in [-0.39, 0.29) is 0 Å². The molecule has 5 heteroatoms. The van der Waals surface area contributed by atoms with Crippen molar-refractivity contribution in [1.82, 2.24) is 14.5 Å². The second kappa shape index (κ2) is 5.60. The van der Waals surface area contributed by atoms with Gasteiger partial charge in [-0.1, -0.05) is 18.2 Å². The quantitative estimate of drug-likeness (QED) is 0.803. The Balaban J connectivity index is 2.06. The minimum Gasteiger partial charge on any atom is -0.480 e. The van der Waals surface area contributed by atoms with Gasteiger partial charge in [0.25, 0.3) is 0 Å². The molecule has 22 heavy (non-hydrogen) atoms. The van der Waals surface area contributed by atoms with Crippen molar-refractivity contribution >= 4 is 16.9 Å². The zero-order valence-electron chi connectivity index (χ0n) is 12.5. The lowest BCUT2D eigenvalue weighted by atomic mass is 10.1. The summed E-state index contributed by atoms with van der Waals surface area (Å²) in [5, 5.41) is 10.6. The molecule has 0 saturated heterocycles. The number of carboxylic acid groups (broad SMARTS) is 1. The third-order valence-corrected chi connectivity index (χ3v) is 3.93. The lowest BCUT2D eigenvalue weighted by Crippen LogP contribution is -2.23. The average molecular weight is 295 g/mol. The number of carbonyl (C=O) groups is 1. The first-order chi connectivity index (χ1) is 10.6. The second-order valence-corrected chi connectivity index (χ2v) is 5.38. The van der Waals surface area contributed by atoms with Crippen molar-refractivity contribution in [2.45, 2.75) is 26.3 Å². The first-order valence-corrected chi connectivity index (χ1v) is 7.14. The molecule has 0 spiro atoms. The number of hydrogen-bond acceptors (Lipinski definition) is 3. The van der Waals surface area contributed by atoms with E-state index in [1.165, 1.54) is 6.33 Å². The van der Waals surface area contributed by atoms with Gasteiger partial charge in [0.05, 0.1) is 11.2 Å². The van der Waals surface area contributed by atoms with Crippen molar-refractivity contribution in [3.8, 4) is 0 Å². The molecule has 3 rings (SSSR count). The molecule has 0 amide bonds. The Labute approximate surface area is 128 Å². The SMILES string of the molecule is Cc1ccc(C)n1[C@H](Cc1ncnc2ccccc12)C(=O)O. The number of para-hydroxylation sites is 1. The molecule has 0 unspecified atom stereocenters. The molecule has 0 aliphatic heterocycles. The maximum absolute atomic E-state index is 11.8. The lowest BCUT2D eigenvalue weighted by molar-refractivity contribution is -0.141. The van der Waals surface area contributed by atoms with Crippen molar-refractivity contribution in [1.29, 1.82) is 0 Å². The number of carboxylic acids is 1. The molecule has 1 N–H and O–H groups in total. The summed E-state index contributed by atoms with van der Waals surface area (Å²) in [5.41, 5.74) is 3.45. The molecule has 0 fully saturated rings. The maximum atomic E-state index is 11.8. The standard InChI is InChI=1S/C17H17N3O2/c1-11-7-8-12(2)20(11)16(17(21)22)9-15-13-5-3-4-6-14(13)18-10-19-15/h3-8,10,16H,9H2,1-2H3,(H,21,22)/t16-/m1/s1. The van der Waals surface area contributed by atoms with Crippen LogP contribution in [-0.2, 0) is 11.2 Å². The largest absolute Gasteiger partial charge is 0.480 e. The molecule has 0 saturated carbocycles. The van der Waals surface area contributed by atoms with Crippen LogP contribution in [0.1, 0.15) is 23.1 Å². The third kappa shape index (κ3) is 2.45. The van der Waals surface area contributed by atoms with Crippen molar-refractivity contribution in [2.75, 3.05) is 0 Å². The first kappa shape index (κ1) is 14.3. The Morgan fingerprint density at radius 2 is 1.82 bits per heavy atom. The number of aromatic nitrogens is 3. The van der Waals surface area contributed by atoms with E-state index in [1.807, 2.05) is 54.8 Å². The summed E-state index contributed by atoms with van der Waals surface area (Å²) >= 11 is 0. The summed E-state index contributed by atoms with van der Waals surface area (Å²) in [7, 11) is 0. The van der Waals surface area contributed by atoms with Crippen LogP contribution in [0.4, 0.5) is 0 Å². The van der Waals surface area contributed by atoms with E-state index in [0.29, 0.717) is 6.42 Å². The fourth-order valence-electron chi connectivity index (χ4n) is 2.87. The number of aryl methyl sites for hydroxylation is 2. The molecule has 0 bridgehead atoms. The van der Waals surface area contributed by atoms with Crippen LogP contribution in [0.3, 0.4) is 0 Å². The Morgan fingerprint density at radius 3 is 2.50 bits per heavy atom. The van der Waals surface area contributed by atoms with E-state index in [0.717, 1.165) is 28.0 Å². The van der Waals surface area contributed by atoms with Gasteiger partial charge in [0, 0.05) is 23.2 Å². The van der Waals surface area contributed by atoms with Gasteiger partial charge in [0.1, 0.15) is 12.4 Å². The van der Waals surface area contributed by atoms with Crippen molar-refractivity contribution in [2.24, 2.45) is 0 Å². The Hall–Kier alpha value is -2.69. The number of rotatable bonds is 4. The molecule has 0 aliphatic carbocycles. The van der Waals surface area contributed by atoms with Gasteiger partial charge in [-0.15, -0.1) is 0 Å². The minimum absolute atomic E-state index is 0.328. The van der Waals surface area contributed by atoms with Crippen LogP contribution in [0.5, 0.6) is 0 Å². The molecule has 112 valence electrons. The highest BCUT2D eigenvalue weighted by atomic mass is 16.4. The van der Waals surface area contributed by atoms with E-state index in [4.69, 9.17) is 0 Å². The lowest BCUT2D eigenvalue weighted by Gasteiger charge is -2.19.